The minimum absolute atomic E-state index is 0.155. The van der Waals surface area contributed by atoms with Crippen molar-refractivity contribution in [3.05, 3.63) is 29.3 Å². The molecule has 0 unspecified atom stereocenters. The van der Waals surface area contributed by atoms with Crippen molar-refractivity contribution < 1.29 is 19.5 Å². The Bertz CT molecular complexity index is 600. The smallest absolute Gasteiger partial charge is 0.335 e. The van der Waals surface area contributed by atoms with E-state index in [9.17, 15) is 14.4 Å². The fraction of sp³-hybridized carbons (Fsp3) is 0.357. The summed E-state index contributed by atoms with van der Waals surface area (Å²) in [6.45, 7) is 0.374. The highest BCUT2D eigenvalue weighted by atomic mass is 16.4. The van der Waals surface area contributed by atoms with E-state index in [-0.39, 0.29) is 18.1 Å². The van der Waals surface area contributed by atoms with Crippen molar-refractivity contribution in [1.29, 1.82) is 0 Å². The lowest BCUT2D eigenvalue weighted by Gasteiger charge is -2.32. The number of aromatic carboxylic acids is 1. The van der Waals surface area contributed by atoms with Crippen LogP contribution in [0.2, 0.25) is 0 Å². The number of carbonyl (C=O) groups is 3. The van der Waals surface area contributed by atoms with Crippen LogP contribution in [0.1, 0.15) is 22.3 Å². The molecule has 1 heterocycles. The first-order valence-corrected chi connectivity index (χ1v) is 6.57. The lowest BCUT2D eigenvalue weighted by molar-refractivity contribution is -0.118. The second kappa shape index (κ2) is 5.82. The minimum atomic E-state index is -0.993. The SMILES string of the molecule is CN(CC(N)=O)C(=O)N1CCCc2cc(C(=O)O)ccc21. The van der Waals surface area contributed by atoms with E-state index in [1.165, 1.54) is 18.0 Å². The van der Waals surface area contributed by atoms with Crippen molar-refractivity contribution in [1.82, 2.24) is 4.90 Å². The number of carboxylic acids is 1. The molecule has 0 fully saturated rings. The van der Waals surface area contributed by atoms with Crippen LogP contribution < -0.4 is 10.6 Å². The summed E-state index contributed by atoms with van der Waals surface area (Å²) in [6.07, 6.45) is 1.46. The Hall–Kier alpha value is -2.57. The summed E-state index contributed by atoms with van der Waals surface area (Å²) in [5.41, 5.74) is 6.80. The van der Waals surface area contributed by atoms with E-state index in [0.29, 0.717) is 12.2 Å². The number of anilines is 1. The van der Waals surface area contributed by atoms with Gasteiger partial charge in [-0.25, -0.2) is 9.59 Å². The number of hydrogen-bond donors (Lipinski definition) is 2. The third-order valence-corrected chi connectivity index (χ3v) is 3.40. The average molecular weight is 291 g/mol. The lowest BCUT2D eigenvalue weighted by atomic mass is 9.99. The van der Waals surface area contributed by atoms with Crippen molar-refractivity contribution in [3.63, 3.8) is 0 Å². The number of nitrogens with zero attached hydrogens (tertiary/aromatic N) is 2. The molecule has 7 heteroatoms. The number of benzene rings is 1. The van der Waals surface area contributed by atoms with Crippen LogP contribution in [0.15, 0.2) is 18.2 Å². The summed E-state index contributed by atoms with van der Waals surface area (Å²) in [6, 6.07) is 4.37. The second-order valence-electron chi connectivity index (χ2n) is 5.01. The number of carboxylic acid groups (broad SMARTS) is 1. The standard InChI is InChI=1S/C14H17N3O4/c1-16(8-12(15)18)14(21)17-6-2-3-9-7-10(13(19)20)4-5-11(9)17/h4-5,7H,2-3,6,8H2,1H3,(H2,15,18)(H,19,20). The molecule has 0 aromatic heterocycles. The van der Waals surface area contributed by atoms with Gasteiger partial charge in [0.05, 0.1) is 5.56 Å². The molecular formula is C14H17N3O4. The largest absolute Gasteiger partial charge is 0.478 e. The van der Waals surface area contributed by atoms with E-state index in [1.54, 1.807) is 17.0 Å². The number of hydrogen-bond acceptors (Lipinski definition) is 3. The molecule has 0 aliphatic carbocycles. The van der Waals surface area contributed by atoms with Crippen molar-refractivity contribution >= 4 is 23.6 Å². The molecule has 1 aromatic rings. The molecule has 3 N–H and O–H groups in total. The summed E-state index contributed by atoms with van der Waals surface area (Å²) < 4.78 is 0. The van der Waals surface area contributed by atoms with Gasteiger partial charge >= 0.3 is 12.0 Å². The number of carbonyl (C=O) groups excluding carboxylic acids is 2. The Balaban J connectivity index is 2.27. The maximum absolute atomic E-state index is 12.3. The van der Waals surface area contributed by atoms with E-state index in [2.05, 4.69) is 0 Å². The van der Waals surface area contributed by atoms with Gasteiger partial charge in [0.15, 0.2) is 0 Å². The van der Waals surface area contributed by atoms with Crippen LogP contribution in [0.3, 0.4) is 0 Å². The van der Waals surface area contributed by atoms with Crippen LogP contribution in [-0.2, 0) is 11.2 Å². The van der Waals surface area contributed by atoms with Gasteiger partial charge in [-0.1, -0.05) is 0 Å². The van der Waals surface area contributed by atoms with Gasteiger partial charge in [0.25, 0.3) is 0 Å². The van der Waals surface area contributed by atoms with Crippen LogP contribution in [-0.4, -0.2) is 48.1 Å². The fourth-order valence-electron chi connectivity index (χ4n) is 2.44. The Labute approximate surface area is 121 Å². The van der Waals surface area contributed by atoms with Crippen LogP contribution in [0.4, 0.5) is 10.5 Å². The van der Waals surface area contributed by atoms with Gasteiger partial charge in [0, 0.05) is 19.3 Å². The van der Waals surface area contributed by atoms with Crippen LogP contribution in [0.25, 0.3) is 0 Å². The molecule has 3 amide bonds. The van der Waals surface area contributed by atoms with Crippen molar-refractivity contribution in [3.8, 4) is 0 Å². The first-order valence-electron chi connectivity index (χ1n) is 6.57. The van der Waals surface area contributed by atoms with E-state index in [1.807, 2.05) is 0 Å². The third kappa shape index (κ3) is 3.13. The number of primary amides is 1. The Morgan fingerprint density at radius 3 is 2.71 bits per heavy atom. The molecule has 2 rings (SSSR count). The first-order chi connectivity index (χ1) is 9.90. The molecule has 7 nitrogen and oxygen atoms in total. The van der Waals surface area contributed by atoms with Gasteiger partial charge in [-0.05, 0) is 36.6 Å². The number of fused-ring (bicyclic) bond motifs is 1. The summed E-state index contributed by atoms with van der Waals surface area (Å²) in [5.74, 6) is -1.57. The third-order valence-electron chi connectivity index (χ3n) is 3.40. The summed E-state index contributed by atoms with van der Waals surface area (Å²) in [7, 11) is 1.51. The molecule has 1 aromatic carbocycles. The molecule has 1 aliphatic rings. The quantitative estimate of drug-likeness (QED) is 0.854. The van der Waals surface area contributed by atoms with Gasteiger partial charge in [-0.15, -0.1) is 0 Å². The average Bonchev–Trinajstić information content (AvgIpc) is 2.44. The van der Waals surface area contributed by atoms with Crippen molar-refractivity contribution in [2.45, 2.75) is 12.8 Å². The molecule has 0 saturated carbocycles. The van der Waals surface area contributed by atoms with Gasteiger partial charge in [0.2, 0.25) is 5.91 Å². The number of rotatable bonds is 3. The summed E-state index contributed by atoms with van der Waals surface area (Å²) in [5, 5.41) is 9.01. The topological polar surface area (TPSA) is 104 Å². The molecule has 0 saturated heterocycles. The zero-order valence-electron chi connectivity index (χ0n) is 11.7. The van der Waals surface area contributed by atoms with Crippen molar-refractivity contribution in [2.24, 2.45) is 5.73 Å². The highest BCUT2D eigenvalue weighted by Gasteiger charge is 2.26. The number of nitrogens with two attached hydrogens (primary N) is 1. The fourth-order valence-corrected chi connectivity index (χ4v) is 2.44. The van der Waals surface area contributed by atoms with Crippen LogP contribution >= 0.6 is 0 Å². The Kier molecular flexibility index (Phi) is 4.11. The van der Waals surface area contributed by atoms with Crippen molar-refractivity contribution in [2.75, 3.05) is 25.0 Å². The molecular weight excluding hydrogens is 274 g/mol. The van der Waals surface area contributed by atoms with E-state index >= 15 is 0 Å². The molecule has 112 valence electrons. The highest BCUT2D eigenvalue weighted by Crippen LogP contribution is 2.28. The Morgan fingerprint density at radius 2 is 2.10 bits per heavy atom. The van der Waals surface area contributed by atoms with E-state index in [0.717, 1.165) is 18.4 Å². The molecule has 0 bridgehead atoms. The summed E-state index contributed by atoms with van der Waals surface area (Å²) in [4.78, 5) is 37.0. The highest BCUT2D eigenvalue weighted by molar-refractivity contribution is 5.96. The lowest BCUT2D eigenvalue weighted by Crippen LogP contribution is -2.46. The minimum Gasteiger partial charge on any atom is -0.478 e. The Morgan fingerprint density at radius 1 is 1.38 bits per heavy atom. The monoisotopic (exact) mass is 291 g/mol. The maximum atomic E-state index is 12.3. The van der Waals surface area contributed by atoms with Gasteiger partial charge in [-0.3, -0.25) is 9.69 Å². The molecule has 0 spiro atoms. The van der Waals surface area contributed by atoms with Gasteiger partial charge < -0.3 is 15.7 Å². The summed E-state index contributed by atoms with van der Waals surface area (Å²) >= 11 is 0. The predicted molar refractivity (Wildman–Crippen MR) is 76.3 cm³/mol. The molecule has 0 atom stereocenters. The number of amides is 3. The number of aryl methyl sites for hydroxylation is 1. The van der Waals surface area contributed by atoms with E-state index in [4.69, 9.17) is 10.8 Å². The zero-order valence-corrected chi connectivity index (χ0v) is 11.7. The number of likely N-dealkylation sites (N-methyl/N-ethyl adjacent to an activating group) is 1. The van der Waals surface area contributed by atoms with Crippen LogP contribution in [0.5, 0.6) is 0 Å². The maximum Gasteiger partial charge on any atom is 0.335 e. The molecule has 1 aliphatic heterocycles. The first kappa shape index (κ1) is 14.8. The number of urea groups is 1. The molecule has 0 radical (unpaired) electrons. The normalized spacial score (nSPS) is 13.5. The van der Waals surface area contributed by atoms with E-state index < -0.39 is 11.9 Å². The zero-order chi connectivity index (χ0) is 15.6. The predicted octanol–water partition coefficient (Wildman–Crippen LogP) is 0.675. The van der Waals surface area contributed by atoms with Gasteiger partial charge in [-0.2, -0.15) is 0 Å². The van der Waals surface area contributed by atoms with Gasteiger partial charge in [0.1, 0.15) is 6.54 Å². The molecule has 21 heavy (non-hydrogen) atoms. The second-order valence-corrected chi connectivity index (χ2v) is 5.01. The van der Waals surface area contributed by atoms with Crippen LogP contribution in [0, 0.1) is 0 Å².